The maximum atomic E-state index is 11.8. The van der Waals surface area contributed by atoms with Gasteiger partial charge in [-0.2, -0.15) is 0 Å². The van der Waals surface area contributed by atoms with Crippen LogP contribution in [0.4, 0.5) is 0 Å². The molecule has 0 N–H and O–H groups in total. The first kappa shape index (κ1) is 23.7. The number of esters is 2. The van der Waals surface area contributed by atoms with Crippen molar-refractivity contribution in [2.45, 2.75) is 98.3 Å². The first-order chi connectivity index (χ1) is 15.3. The lowest BCUT2D eigenvalue weighted by Crippen LogP contribution is -2.54. The van der Waals surface area contributed by atoms with Crippen molar-refractivity contribution in [2.24, 2.45) is 5.92 Å². The maximum absolute atomic E-state index is 11.8. The summed E-state index contributed by atoms with van der Waals surface area (Å²) in [7, 11) is 0. The first-order valence-electron chi connectivity index (χ1n) is 11.9. The molecule has 0 unspecified atom stereocenters. The van der Waals surface area contributed by atoms with Crippen LogP contribution in [0.25, 0.3) is 0 Å². The molecule has 1 aromatic heterocycles. The number of carbonyl (C=O) groups is 2. The highest BCUT2D eigenvalue weighted by atomic mass is 16.6. The van der Waals surface area contributed by atoms with Crippen molar-refractivity contribution in [1.82, 2.24) is 19.9 Å². The average Bonchev–Trinajstić information content (AvgIpc) is 3.20. The molecule has 9 heteroatoms. The standard InChI is InChI=1S/C22H38N4O5/c1-7-10-12-25(11-8-2)13-18-14-26(24-23-18)22-15(4)20(29-16(5)27)21(30-17(6)28)19(9-3)31-22/h14-15,19-22H,7-13H2,1-6H3/t15-,19-,20-,21+,22-/m1/s1/i2D. The predicted molar refractivity (Wildman–Crippen MR) is 115 cm³/mol. The Morgan fingerprint density at radius 3 is 2.52 bits per heavy atom. The third kappa shape index (κ3) is 7.00. The molecule has 9 nitrogen and oxygen atoms in total. The van der Waals surface area contributed by atoms with Gasteiger partial charge in [0.2, 0.25) is 0 Å². The van der Waals surface area contributed by atoms with Crippen molar-refractivity contribution in [3.63, 3.8) is 0 Å². The minimum absolute atomic E-state index is 0.305. The summed E-state index contributed by atoms with van der Waals surface area (Å²) in [6.07, 6.45) is 3.20. The highest BCUT2D eigenvalue weighted by molar-refractivity contribution is 5.67. The molecule has 1 fully saturated rings. The van der Waals surface area contributed by atoms with E-state index in [-0.39, 0.29) is 5.92 Å². The van der Waals surface area contributed by atoms with Gasteiger partial charge in [-0.25, -0.2) is 4.68 Å². The molecule has 0 aromatic carbocycles. The molecular weight excluding hydrogens is 400 g/mol. The van der Waals surface area contributed by atoms with Crippen molar-refractivity contribution in [3.05, 3.63) is 11.9 Å². The van der Waals surface area contributed by atoms with E-state index in [1.165, 1.54) is 13.8 Å². The summed E-state index contributed by atoms with van der Waals surface area (Å²) >= 11 is 0. The van der Waals surface area contributed by atoms with Crippen LogP contribution in [-0.2, 0) is 30.3 Å². The number of hydrogen-bond donors (Lipinski definition) is 0. The summed E-state index contributed by atoms with van der Waals surface area (Å²) in [6, 6.07) is 0. The Hall–Kier alpha value is -2.00. The maximum Gasteiger partial charge on any atom is 0.303 e. The molecule has 1 aliphatic rings. The van der Waals surface area contributed by atoms with Crippen LogP contribution in [-0.4, -0.2) is 63.2 Å². The molecule has 176 valence electrons. The molecule has 0 amide bonds. The highest BCUT2D eigenvalue weighted by Gasteiger charge is 2.48. The van der Waals surface area contributed by atoms with Gasteiger partial charge in [-0.3, -0.25) is 14.5 Å². The van der Waals surface area contributed by atoms with E-state index in [1.807, 2.05) is 20.0 Å². The van der Waals surface area contributed by atoms with E-state index in [1.54, 1.807) is 4.68 Å². The molecule has 2 heterocycles. The summed E-state index contributed by atoms with van der Waals surface area (Å²) in [5.41, 5.74) is 0.820. The second-order valence-corrected chi connectivity index (χ2v) is 8.15. The Balaban J connectivity index is 2.20. The van der Waals surface area contributed by atoms with Gasteiger partial charge in [-0.15, -0.1) is 5.10 Å². The van der Waals surface area contributed by atoms with Crippen LogP contribution in [0.2, 0.25) is 0 Å². The summed E-state index contributed by atoms with van der Waals surface area (Å²) in [5.74, 6) is -1.18. The fraction of sp³-hybridized carbons (Fsp3) is 0.818. The lowest BCUT2D eigenvalue weighted by molar-refractivity contribution is -0.241. The van der Waals surface area contributed by atoms with E-state index < -0.39 is 36.5 Å². The summed E-state index contributed by atoms with van der Waals surface area (Å²) in [6.45, 7) is 11.5. The smallest absolute Gasteiger partial charge is 0.303 e. The SMILES string of the molecule is [2H]CCCN(CCCC)Cc1cn([C@@H]2O[C@H](CC)[C@H](OC(C)=O)[C@H](OC(C)=O)[C@H]2C)nn1. The summed E-state index contributed by atoms with van der Waals surface area (Å²) in [5, 5.41) is 8.64. The Morgan fingerprint density at radius 1 is 1.19 bits per heavy atom. The topological polar surface area (TPSA) is 95.8 Å². The third-order valence-corrected chi connectivity index (χ3v) is 5.49. The second kappa shape index (κ2) is 12.1. The zero-order valence-electron chi connectivity index (χ0n) is 20.5. The lowest BCUT2D eigenvalue weighted by Gasteiger charge is -2.44. The summed E-state index contributed by atoms with van der Waals surface area (Å²) in [4.78, 5) is 25.7. The zero-order chi connectivity index (χ0) is 23.7. The molecule has 5 atom stereocenters. The quantitative estimate of drug-likeness (QED) is 0.485. The van der Waals surface area contributed by atoms with Crippen LogP contribution in [0.5, 0.6) is 0 Å². The van der Waals surface area contributed by atoms with Gasteiger partial charge in [0.25, 0.3) is 0 Å². The van der Waals surface area contributed by atoms with Crippen molar-refractivity contribution in [1.29, 1.82) is 0 Å². The Kier molecular flexibility index (Phi) is 9.27. The van der Waals surface area contributed by atoms with Gasteiger partial charge in [0.05, 0.1) is 11.9 Å². The van der Waals surface area contributed by atoms with Crippen LogP contribution in [0.1, 0.15) is 80.5 Å². The Bertz CT molecular complexity index is 723. The number of carbonyl (C=O) groups excluding carboxylic acids is 2. The van der Waals surface area contributed by atoms with E-state index in [0.717, 1.165) is 38.0 Å². The number of aromatic nitrogens is 3. The van der Waals surface area contributed by atoms with Gasteiger partial charge >= 0.3 is 11.9 Å². The van der Waals surface area contributed by atoms with Gasteiger partial charge in [-0.1, -0.05) is 39.3 Å². The van der Waals surface area contributed by atoms with Gasteiger partial charge in [0.15, 0.2) is 12.3 Å². The molecule has 31 heavy (non-hydrogen) atoms. The molecule has 1 saturated heterocycles. The van der Waals surface area contributed by atoms with Crippen LogP contribution in [0.15, 0.2) is 6.20 Å². The minimum atomic E-state index is -0.676. The fourth-order valence-electron chi connectivity index (χ4n) is 4.00. The summed E-state index contributed by atoms with van der Waals surface area (Å²) < 4.78 is 26.4. The van der Waals surface area contributed by atoms with Gasteiger partial charge in [0, 0.05) is 27.7 Å². The molecular formula is C22H38N4O5. The van der Waals surface area contributed by atoms with E-state index in [0.29, 0.717) is 19.9 Å². The number of nitrogens with zero attached hydrogens (tertiary/aromatic N) is 4. The van der Waals surface area contributed by atoms with Crippen molar-refractivity contribution >= 4 is 11.9 Å². The number of ether oxygens (including phenoxy) is 3. The zero-order valence-corrected chi connectivity index (χ0v) is 19.5. The van der Waals surface area contributed by atoms with Gasteiger partial charge in [0.1, 0.15) is 12.2 Å². The first-order valence-corrected chi connectivity index (χ1v) is 11.2. The second-order valence-electron chi connectivity index (χ2n) is 8.15. The molecule has 0 aliphatic carbocycles. The van der Waals surface area contributed by atoms with Crippen LogP contribution in [0, 0.1) is 5.92 Å². The van der Waals surface area contributed by atoms with Crippen molar-refractivity contribution in [3.8, 4) is 0 Å². The molecule has 0 radical (unpaired) electrons. The van der Waals surface area contributed by atoms with E-state index in [9.17, 15) is 9.59 Å². The third-order valence-electron chi connectivity index (χ3n) is 5.49. The molecule has 0 saturated carbocycles. The molecule has 1 aromatic rings. The van der Waals surface area contributed by atoms with E-state index in [2.05, 4.69) is 22.1 Å². The monoisotopic (exact) mass is 439 g/mol. The Morgan fingerprint density at radius 2 is 1.90 bits per heavy atom. The molecule has 0 bridgehead atoms. The molecule has 2 rings (SSSR count). The Labute approximate surface area is 186 Å². The van der Waals surface area contributed by atoms with Crippen molar-refractivity contribution in [2.75, 3.05) is 13.1 Å². The fourth-order valence-corrected chi connectivity index (χ4v) is 4.00. The largest absolute Gasteiger partial charge is 0.458 e. The van der Waals surface area contributed by atoms with E-state index in [4.69, 9.17) is 15.6 Å². The normalized spacial score (nSPS) is 26.5. The minimum Gasteiger partial charge on any atom is -0.458 e. The highest BCUT2D eigenvalue weighted by Crippen LogP contribution is 2.37. The van der Waals surface area contributed by atoms with Gasteiger partial charge < -0.3 is 14.2 Å². The lowest BCUT2D eigenvalue weighted by atomic mass is 9.89. The average molecular weight is 440 g/mol. The van der Waals surface area contributed by atoms with Crippen LogP contribution >= 0.6 is 0 Å². The van der Waals surface area contributed by atoms with Crippen LogP contribution < -0.4 is 0 Å². The predicted octanol–water partition coefficient (Wildman–Crippen LogP) is 3.10. The van der Waals surface area contributed by atoms with E-state index >= 15 is 0 Å². The van der Waals surface area contributed by atoms with Crippen molar-refractivity contribution < 1.29 is 25.2 Å². The van der Waals surface area contributed by atoms with Crippen LogP contribution in [0.3, 0.4) is 0 Å². The number of hydrogen-bond acceptors (Lipinski definition) is 8. The molecule has 1 aliphatic heterocycles. The molecule has 0 spiro atoms. The number of unbranched alkanes of at least 4 members (excludes halogenated alkanes) is 1. The van der Waals surface area contributed by atoms with Gasteiger partial charge in [-0.05, 0) is 32.4 Å². The number of rotatable bonds is 11.